The summed E-state index contributed by atoms with van der Waals surface area (Å²) in [5.41, 5.74) is -0.298. The summed E-state index contributed by atoms with van der Waals surface area (Å²) >= 11 is 1.49. The summed E-state index contributed by atoms with van der Waals surface area (Å²) in [4.78, 5) is 4.42. The Morgan fingerprint density at radius 3 is 2.75 bits per heavy atom. The molecule has 1 N–H and O–H groups in total. The van der Waals surface area contributed by atoms with Gasteiger partial charge in [-0.2, -0.15) is 0 Å². The van der Waals surface area contributed by atoms with Crippen LogP contribution in [0.25, 0.3) is 10.2 Å². The van der Waals surface area contributed by atoms with E-state index in [9.17, 15) is 4.39 Å². The second-order valence-electron chi connectivity index (χ2n) is 4.20. The molecule has 2 nitrogen and oxygen atoms in total. The molecule has 0 atom stereocenters. The van der Waals surface area contributed by atoms with E-state index in [4.69, 9.17) is 0 Å². The number of nitrogens with one attached hydrogen (secondary N) is 1. The highest BCUT2D eigenvalue weighted by Gasteiger charge is 2.36. The van der Waals surface area contributed by atoms with Crippen molar-refractivity contribution in [3.05, 3.63) is 29.3 Å². The summed E-state index contributed by atoms with van der Waals surface area (Å²) in [6.07, 6.45) is 1.07. The number of nitrogens with zero attached hydrogens (tertiary/aromatic N) is 1. The summed E-state index contributed by atoms with van der Waals surface area (Å²) in [5, 5.41) is 3.83. The second-order valence-corrected chi connectivity index (χ2v) is 5.23. The van der Waals surface area contributed by atoms with Crippen molar-refractivity contribution in [2.75, 3.05) is 13.1 Å². The van der Waals surface area contributed by atoms with Gasteiger partial charge in [0, 0.05) is 12.8 Å². The number of fused-ring (bicyclic) bond motifs is 1. The van der Waals surface area contributed by atoms with Crippen molar-refractivity contribution in [2.45, 2.75) is 18.5 Å². The van der Waals surface area contributed by atoms with Crippen molar-refractivity contribution in [1.82, 2.24) is 10.3 Å². The van der Waals surface area contributed by atoms with Crippen molar-refractivity contribution in [3.63, 3.8) is 0 Å². The number of piperidine rings is 1. The summed E-state index contributed by atoms with van der Waals surface area (Å²) in [7, 11) is 0. The van der Waals surface area contributed by atoms with E-state index in [-0.39, 0.29) is 0 Å². The third-order valence-corrected chi connectivity index (χ3v) is 4.29. The quantitative estimate of drug-likeness (QED) is 0.823. The smallest absolute Gasteiger partial charge is 0.164 e. The molecule has 2 heterocycles. The Kier molecular flexibility index (Phi) is 2.41. The van der Waals surface area contributed by atoms with Gasteiger partial charge >= 0.3 is 0 Å². The molecule has 4 heteroatoms. The van der Waals surface area contributed by atoms with E-state index in [1.807, 2.05) is 24.3 Å². The zero-order valence-electron chi connectivity index (χ0n) is 8.87. The highest BCUT2D eigenvalue weighted by Crippen LogP contribution is 2.39. The van der Waals surface area contributed by atoms with Crippen LogP contribution in [0.3, 0.4) is 0 Å². The standard InChI is InChI=1S/C12H13FN2S/c13-12(5-7-14-8-6-12)11-15-9-3-1-2-4-10(9)16-11/h1-4,14H,5-8H2. The predicted molar refractivity (Wildman–Crippen MR) is 64.5 cm³/mol. The van der Waals surface area contributed by atoms with Gasteiger partial charge in [-0.3, -0.25) is 0 Å². The molecule has 1 aromatic heterocycles. The summed E-state index contributed by atoms with van der Waals surface area (Å²) in [6, 6.07) is 7.86. The Balaban J connectivity index is 2.04. The molecule has 1 aliphatic rings. The minimum Gasteiger partial charge on any atom is -0.316 e. The lowest BCUT2D eigenvalue weighted by Crippen LogP contribution is -2.36. The Hall–Kier alpha value is -1.00. The molecular formula is C12H13FN2S. The van der Waals surface area contributed by atoms with Gasteiger partial charge in [0.15, 0.2) is 5.67 Å². The fourth-order valence-corrected chi connectivity index (χ4v) is 3.20. The van der Waals surface area contributed by atoms with Crippen LogP contribution in [-0.4, -0.2) is 18.1 Å². The molecule has 1 aromatic carbocycles. The molecular weight excluding hydrogens is 223 g/mol. The van der Waals surface area contributed by atoms with E-state index in [1.165, 1.54) is 11.3 Å². The van der Waals surface area contributed by atoms with Crippen LogP contribution in [0.2, 0.25) is 0 Å². The molecule has 0 unspecified atom stereocenters. The third-order valence-electron chi connectivity index (χ3n) is 3.07. The first-order valence-electron chi connectivity index (χ1n) is 5.54. The molecule has 84 valence electrons. The van der Waals surface area contributed by atoms with Crippen molar-refractivity contribution in [2.24, 2.45) is 0 Å². The fourth-order valence-electron chi connectivity index (χ4n) is 2.10. The molecule has 1 aliphatic heterocycles. The van der Waals surface area contributed by atoms with Gasteiger partial charge in [0.25, 0.3) is 0 Å². The van der Waals surface area contributed by atoms with Crippen molar-refractivity contribution in [1.29, 1.82) is 0 Å². The SMILES string of the molecule is FC1(c2nc3ccccc3s2)CCNCC1. The Morgan fingerprint density at radius 1 is 1.25 bits per heavy atom. The average Bonchev–Trinajstić information content (AvgIpc) is 2.74. The van der Waals surface area contributed by atoms with Gasteiger partial charge in [0.05, 0.1) is 10.2 Å². The lowest BCUT2D eigenvalue weighted by molar-refractivity contribution is 0.115. The zero-order valence-corrected chi connectivity index (χ0v) is 9.69. The number of hydrogen-bond acceptors (Lipinski definition) is 3. The number of halogens is 1. The maximum atomic E-state index is 14.7. The lowest BCUT2D eigenvalue weighted by atomic mass is 9.95. The number of benzene rings is 1. The molecule has 0 aliphatic carbocycles. The van der Waals surface area contributed by atoms with Crippen LogP contribution < -0.4 is 5.32 Å². The van der Waals surface area contributed by atoms with Crippen LogP contribution in [0.1, 0.15) is 17.8 Å². The van der Waals surface area contributed by atoms with Crippen molar-refractivity contribution in [3.8, 4) is 0 Å². The lowest BCUT2D eigenvalue weighted by Gasteiger charge is -2.27. The molecule has 1 saturated heterocycles. The van der Waals surface area contributed by atoms with E-state index in [0.29, 0.717) is 17.8 Å². The number of aromatic nitrogens is 1. The molecule has 16 heavy (non-hydrogen) atoms. The summed E-state index contributed by atoms with van der Waals surface area (Å²) < 4.78 is 15.7. The first-order chi connectivity index (χ1) is 7.78. The molecule has 3 rings (SSSR count). The molecule has 0 saturated carbocycles. The highest BCUT2D eigenvalue weighted by atomic mass is 32.1. The molecule has 1 fully saturated rings. The van der Waals surface area contributed by atoms with Crippen LogP contribution >= 0.6 is 11.3 Å². The van der Waals surface area contributed by atoms with Gasteiger partial charge in [0.2, 0.25) is 0 Å². The van der Waals surface area contributed by atoms with Crippen LogP contribution in [-0.2, 0) is 5.67 Å². The van der Waals surface area contributed by atoms with Crippen molar-refractivity contribution >= 4 is 21.6 Å². The first kappa shape index (κ1) is 10.2. The van der Waals surface area contributed by atoms with Gasteiger partial charge in [-0.15, -0.1) is 11.3 Å². The molecule has 0 amide bonds. The highest BCUT2D eigenvalue weighted by molar-refractivity contribution is 7.18. The van der Waals surface area contributed by atoms with Crippen LogP contribution in [0.4, 0.5) is 4.39 Å². The predicted octanol–water partition coefficient (Wildman–Crippen LogP) is 2.84. The maximum Gasteiger partial charge on any atom is 0.164 e. The topological polar surface area (TPSA) is 24.9 Å². The van der Waals surface area contributed by atoms with Gasteiger partial charge < -0.3 is 5.32 Å². The first-order valence-corrected chi connectivity index (χ1v) is 6.35. The van der Waals surface area contributed by atoms with Crippen molar-refractivity contribution < 1.29 is 4.39 Å². The maximum absolute atomic E-state index is 14.7. The van der Waals surface area contributed by atoms with Crippen LogP contribution in [0.5, 0.6) is 0 Å². The number of hydrogen-bond donors (Lipinski definition) is 1. The number of rotatable bonds is 1. The Morgan fingerprint density at radius 2 is 2.00 bits per heavy atom. The van der Waals surface area contributed by atoms with Gasteiger partial charge in [-0.1, -0.05) is 12.1 Å². The third kappa shape index (κ3) is 1.62. The zero-order chi connectivity index (χ0) is 11.0. The van der Waals surface area contributed by atoms with E-state index >= 15 is 0 Å². The van der Waals surface area contributed by atoms with E-state index in [1.54, 1.807) is 0 Å². The van der Waals surface area contributed by atoms with Gasteiger partial charge in [0.1, 0.15) is 5.01 Å². The molecule has 0 radical (unpaired) electrons. The molecule has 0 bridgehead atoms. The molecule has 0 spiro atoms. The minimum absolute atomic E-state index is 0.535. The Bertz CT molecular complexity index is 469. The van der Waals surface area contributed by atoms with Gasteiger partial charge in [-0.05, 0) is 25.2 Å². The average molecular weight is 236 g/mol. The van der Waals surface area contributed by atoms with Crippen LogP contribution in [0.15, 0.2) is 24.3 Å². The molecule has 2 aromatic rings. The number of para-hydroxylation sites is 1. The fraction of sp³-hybridized carbons (Fsp3) is 0.417. The second kappa shape index (κ2) is 3.79. The van der Waals surface area contributed by atoms with Crippen LogP contribution in [0, 0.1) is 0 Å². The van der Waals surface area contributed by atoms with Gasteiger partial charge in [-0.25, -0.2) is 9.37 Å². The summed E-state index contributed by atoms with van der Waals surface area (Å²) in [5.74, 6) is 0. The van der Waals surface area contributed by atoms with E-state index < -0.39 is 5.67 Å². The van der Waals surface area contributed by atoms with E-state index in [0.717, 1.165) is 23.3 Å². The monoisotopic (exact) mass is 236 g/mol. The summed E-state index contributed by atoms with van der Waals surface area (Å²) in [6.45, 7) is 1.48. The number of thiazole rings is 1. The number of alkyl halides is 1. The Labute approximate surface area is 97.5 Å². The largest absolute Gasteiger partial charge is 0.316 e. The normalized spacial score (nSPS) is 20.1. The minimum atomic E-state index is -1.21. The van der Waals surface area contributed by atoms with E-state index in [2.05, 4.69) is 10.3 Å².